The third kappa shape index (κ3) is 3.28. The molecular weight excluding hydrogens is 322 g/mol. The third-order valence-electron chi connectivity index (χ3n) is 5.27. The molecular formula is C18H23N3O4. The van der Waals surface area contributed by atoms with Gasteiger partial charge in [-0.15, -0.1) is 0 Å². The average Bonchev–Trinajstić information content (AvgIpc) is 3.21. The van der Waals surface area contributed by atoms with Gasteiger partial charge >= 0.3 is 12.2 Å². The Morgan fingerprint density at radius 3 is 2.72 bits per heavy atom. The molecule has 1 N–H and O–H groups in total. The molecule has 25 heavy (non-hydrogen) atoms. The summed E-state index contributed by atoms with van der Waals surface area (Å²) >= 11 is 0. The van der Waals surface area contributed by atoms with Crippen molar-refractivity contribution in [2.45, 2.75) is 37.6 Å². The largest absolute Gasteiger partial charge is 0.445 e. The Bertz CT molecular complexity index is 630. The summed E-state index contributed by atoms with van der Waals surface area (Å²) in [5, 5.41) is 3.27. The van der Waals surface area contributed by atoms with E-state index in [0.29, 0.717) is 13.1 Å². The normalized spacial score (nSPS) is 26.5. The van der Waals surface area contributed by atoms with E-state index in [9.17, 15) is 9.59 Å². The molecule has 0 radical (unpaired) electrons. The number of ether oxygens (including phenoxy) is 2. The van der Waals surface area contributed by atoms with Crippen LogP contribution < -0.4 is 5.32 Å². The third-order valence-corrected chi connectivity index (χ3v) is 5.27. The SMILES string of the molecule is O=C(OCc1ccccc1)N1CCC(N2C(=O)OC3CNCC32)CC1. The Balaban J connectivity index is 1.28. The molecule has 7 nitrogen and oxygen atoms in total. The molecule has 0 aromatic heterocycles. The van der Waals surface area contributed by atoms with Crippen LogP contribution in [0.4, 0.5) is 9.59 Å². The van der Waals surface area contributed by atoms with E-state index < -0.39 is 0 Å². The first-order valence-electron chi connectivity index (χ1n) is 8.87. The van der Waals surface area contributed by atoms with Crippen LogP contribution in [-0.4, -0.2) is 66.4 Å². The number of nitrogens with one attached hydrogen (secondary N) is 1. The fourth-order valence-corrected chi connectivity index (χ4v) is 3.92. The summed E-state index contributed by atoms with van der Waals surface area (Å²) in [6.07, 6.45) is 1.01. The van der Waals surface area contributed by atoms with E-state index in [1.165, 1.54) is 0 Å². The van der Waals surface area contributed by atoms with Gasteiger partial charge in [-0.2, -0.15) is 0 Å². The van der Waals surface area contributed by atoms with Crippen molar-refractivity contribution in [2.75, 3.05) is 26.2 Å². The second-order valence-electron chi connectivity index (χ2n) is 6.81. The summed E-state index contributed by atoms with van der Waals surface area (Å²) in [5.74, 6) is 0. The number of fused-ring (bicyclic) bond motifs is 1. The quantitative estimate of drug-likeness (QED) is 0.901. The van der Waals surface area contributed by atoms with Gasteiger partial charge in [0.15, 0.2) is 0 Å². The summed E-state index contributed by atoms with van der Waals surface area (Å²) < 4.78 is 10.8. The van der Waals surface area contributed by atoms with Gasteiger partial charge in [-0.05, 0) is 18.4 Å². The minimum absolute atomic E-state index is 0.0265. The number of nitrogens with zero attached hydrogens (tertiary/aromatic N) is 2. The van der Waals surface area contributed by atoms with Gasteiger partial charge in [0.1, 0.15) is 12.7 Å². The smallest absolute Gasteiger partial charge is 0.410 e. The van der Waals surface area contributed by atoms with E-state index in [0.717, 1.165) is 31.5 Å². The molecule has 0 saturated carbocycles. The molecule has 2 amide bonds. The maximum atomic E-state index is 12.2. The van der Waals surface area contributed by atoms with Crippen molar-refractivity contribution in [3.8, 4) is 0 Å². The fraction of sp³-hybridized carbons (Fsp3) is 0.556. The molecule has 0 spiro atoms. The van der Waals surface area contributed by atoms with Crippen LogP contribution in [-0.2, 0) is 16.1 Å². The molecule has 3 aliphatic rings. The zero-order chi connectivity index (χ0) is 17.2. The molecule has 2 atom stereocenters. The zero-order valence-corrected chi connectivity index (χ0v) is 14.1. The summed E-state index contributed by atoms with van der Waals surface area (Å²) in [6.45, 7) is 3.01. The number of hydrogen-bond donors (Lipinski definition) is 1. The van der Waals surface area contributed by atoms with Crippen LogP contribution in [0.5, 0.6) is 0 Å². The zero-order valence-electron chi connectivity index (χ0n) is 14.1. The van der Waals surface area contributed by atoms with Crippen molar-refractivity contribution >= 4 is 12.2 Å². The first kappa shape index (κ1) is 16.2. The van der Waals surface area contributed by atoms with Crippen LogP contribution in [0.25, 0.3) is 0 Å². The standard InChI is InChI=1S/C18H23N3O4/c22-17(24-12-13-4-2-1-3-5-13)20-8-6-14(7-9-20)21-15-10-19-11-16(15)25-18(21)23/h1-5,14-16,19H,6-12H2. The predicted octanol–water partition coefficient (Wildman–Crippen LogP) is 1.58. The lowest BCUT2D eigenvalue weighted by atomic mass is 10.0. The van der Waals surface area contributed by atoms with Crippen LogP contribution in [0.3, 0.4) is 0 Å². The van der Waals surface area contributed by atoms with Crippen molar-refractivity contribution in [1.29, 1.82) is 0 Å². The van der Waals surface area contributed by atoms with Gasteiger partial charge in [0, 0.05) is 32.2 Å². The monoisotopic (exact) mass is 345 g/mol. The van der Waals surface area contributed by atoms with Gasteiger partial charge in [-0.25, -0.2) is 9.59 Å². The molecule has 3 aliphatic heterocycles. The second kappa shape index (κ2) is 6.92. The molecule has 0 aliphatic carbocycles. The van der Waals surface area contributed by atoms with Crippen LogP contribution >= 0.6 is 0 Å². The lowest BCUT2D eigenvalue weighted by Gasteiger charge is -2.37. The summed E-state index contributed by atoms with van der Waals surface area (Å²) in [4.78, 5) is 28.0. The summed E-state index contributed by atoms with van der Waals surface area (Å²) in [7, 11) is 0. The molecule has 1 aromatic rings. The van der Waals surface area contributed by atoms with E-state index in [1.807, 2.05) is 35.2 Å². The first-order valence-corrected chi connectivity index (χ1v) is 8.87. The van der Waals surface area contributed by atoms with E-state index in [4.69, 9.17) is 9.47 Å². The lowest BCUT2D eigenvalue weighted by Crippen LogP contribution is -2.51. The van der Waals surface area contributed by atoms with Crippen molar-refractivity contribution in [2.24, 2.45) is 0 Å². The second-order valence-corrected chi connectivity index (χ2v) is 6.81. The number of likely N-dealkylation sites (tertiary alicyclic amines) is 1. The summed E-state index contributed by atoms with van der Waals surface area (Å²) in [5.41, 5.74) is 0.977. The number of carbonyl (C=O) groups excluding carboxylic acids is 2. The van der Waals surface area contributed by atoms with Gasteiger partial charge in [-0.1, -0.05) is 30.3 Å². The van der Waals surface area contributed by atoms with Gasteiger partial charge in [-0.3, -0.25) is 4.90 Å². The fourth-order valence-electron chi connectivity index (χ4n) is 3.92. The van der Waals surface area contributed by atoms with Gasteiger partial charge in [0.25, 0.3) is 0 Å². The van der Waals surface area contributed by atoms with Crippen LogP contribution in [0.1, 0.15) is 18.4 Å². The van der Waals surface area contributed by atoms with Gasteiger partial charge < -0.3 is 19.7 Å². The molecule has 3 heterocycles. The molecule has 7 heteroatoms. The van der Waals surface area contributed by atoms with Gasteiger partial charge in [0.2, 0.25) is 0 Å². The number of carbonyl (C=O) groups is 2. The average molecular weight is 345 g/mol. The molecule has 3 saturated heterocycles. The molecule has 2 unspecified atom stereocenters. The number of piperidine rings is 1. The van der Waals surface area contributed by atoms with Crippen molar-refractivity contribution in [1.82, 2.24) is 15.1 Å². The number of amides is 2. The maximum absolute atomic E-state index is 12.2. The van der Waals surface area contributed by atoms with Crippen LogP contribution in [0.15, 0.2) is 30.3 Å². The predicted molar refractivity (Wildman–Crippen MR) is 90.0 cm³/mol. The van der Waals surface area contributed by atoms with Crippen molar-refractivity contribution in [3.63, 3.8) is 0 Å². The van der Waals surface area contributed by atoms with E-state index >= 15 is 0 Å². The van der Waals surface area contributed by atoms with E-state index in [-0.39, 0.29) is 37.0 Å². The highest BCUT2D eigenvalue weighted by molar-refractivity contribution is 5.72. The Labute approximate surface area is 146 Å². The maximum Gasteiger partial charge on any atom is 0.410 e. The Hall–Kier alpha value is -2.28. The minimum Gasteiger partial charge on any atom is -0.445 e. The van der Waals surface area contributed by atoms with Gasteiger partial charge in [0.05, 0.1) is 6.04 Å². The molecule has 3 fully saturated rings. The van der Waals surface area contributed by atoms with Crippen molar-refractivity contribution in [3.05, 3.63) is 35.9 Å². The molecule has 4 rings (SSSR count). The van der Waals surface area contributed by atoms with E-state index in [2.05, 4.69) is 5.32 Å². The topological polar surface area (TPSA) is 71.1 Å². The molecule has 0 bridgehead atoms. The van der Waals surface area contributed by atoms with Crippen LogP contribution in [0.2, 0.25) is 0 Å². The Kier molecular flexibility index (Phi) is 4.48. The molecule has 134 valence electrons. The Morgan fingerprint density at radius 2 is 1.96 bits per heavy atom. The highest BCUT2D eigenvalue weighted by Crippen LogP contribution is 2.29. The number of rotatable bonds is 3. The summed E-state index contributed by atoms with van der Waals surface area (Å²) in [6, 6.07) is 9.93. The van der Waals surface area contributed by atoms with E-state index in [1.54, 1.807) is 4.90 Å². The van der Waals surface area contributed by atoms with Crippen LogP contribution in [0, 0.1) is 0 Å². The van der Waals surface area contributed by atoms with Crippen molar-refractivity contribution < 1.29 is 19.1 Å². The Morgan fingerprint density at radius 1 is 1.20 bits per heavy atom. The lowest BCUT2D eigenvalue weighted by molar-refractivity contribution is 0.0708. The highest BCUT2D eigenvalue weighted by atomic mass is 16.6. The first-order chi connectivity index (χ1) is 12.2. The minimum atomic E-state index is -0.285. The number of benzene rings is 1. The highest BCUT2D eigenvalue weighted by Gasteiger charge is 2.48. The number of hydrogen-bond acceptors (Lipinski definition) is 5. The molecule has 1 aromatic carbocycles.